The summed E-state index contributed by atoms with van der Waals surface area (Å²) in [6.45, 7) is 1.90. The van der Waals surface area contributed by atoms with Gasteiger partial charge < -0.3 is 0 Å². The Balaban J connectivity index is 2.14. The number of para-hydroxylation sites is 1. The van der Waals surface area contributed by atoms with Gasteiger partial charge in [-0.05, 0) is 31.2 Å². The van der Waals surface area contributed by atoms with Gasteiger partial charge in [-0.25, -0.2) is 12.4 Å². The average molecular weight is 322 g/mol. The molecule has 0 bridgehead atoms. The first kappa shape index (κ1) is 14.0. The highest BCUT2D eigenvalue weighted by Crippen LogP contribution is 2.29. The molecule has 4 aromatic rings. The SMILES string of the molecule is Cc1nc2ccccc2c2c1ccn2S(=O)(=O)c1ccccc1. The Kier molecular flexibility index (Phi) is 2.99. The van der Waals surface area contributed by atoms with E-state index in [-0.39, 0.29) is 4.90 Å². The van der Waals surface area contributed by atoms with Crippen LogP contribution in [0.25, 0.3) is 21.8 Å². The third-order valence-electron chi connectivity index (χ3n) is 3.99. The summed E-state index contributed by atoms with van der Waals surface area (Å²) in [6.07, 6.45) is 1.61. The van der Waals surface area contributed by atoms with Gasteiger partial charge in [0.25, 0.3) is 10.0 Å². The van der Waals surface area contributed by atoms with Crippen molar-refractivity contribution in [2.45, 2.75) is 11.8 Å². The van der Waals surface area contributed by atoms with Gasteiger partial charge in [0.2, 0.25) is 0 Å². The number of fused-ring (bicyclic) bond motifs is 3. The van der Waals surface area contributed by atoms with Crippen LogP contribution >= 0.6 is 0 Å². The molecule has 0 aliphatic heterocycles. The number of pyridine rings is 1. The number of hydrogen-bond donors (Lipinski definition) is 0. The zero-order chi connectivity index (χ0) is 16.0. The molecule has 0 aliphatic rings. The highest BCUT2D eigenvalue weighted by atomic mass is 32.2. The zero-order valence-electron chi connectivity index (χ0n) is 12.5. The number of nitrogens with zero attached hydrogens (tertiary/aromatic N) is 2. The van der Waals surface area contributed by atoms with E-state index in [2.05, 4.69) is 4.98 Å². The molecular formula is C18H14N2O2S. The fourth-order valence-corrected chi connectivity index (χ4v) is 4.28. The van der Waals surface area contributed by atoms with Crippen molar-refractivity contribution in [1.29, 1.82) is 0 Å². The maximum atomic E-state index is 13.0. The van der Waals surface area contributed by atoms with Gasteiger partial charge in [0.1, 0.15) is 0 Å². The van der Waals surface area contributed by atoms with Crippen LogP contribution in [0.2, 0.25) is 0 Å². The fourth-order valence-electron chi connectivity index (χ4n) is 2.89. The minimum Gasteiger partial charge on any atom is -0.252 e. The first-order valence-electron chi connectivity index (χ1n) is 7.26. The van der Waals surface area contributed by atoms with Crippen LogP contribution in [-0.2, 0) is 10.0 Å². The van der Waals surface area contributed by atoms with Crippen molar-refractivity contribution in [3.8, 4) is 0 Å². The summed E-state index contributed by atoms with van der Waals surface area (Å²) in [7, 11) is -3.64. The van der Waals surface area contributed by atoms with Gasteiger partial charge >= 0.3 is 0 Å². The molecule has 4 nitrogen and oxygen atoms in total. The van der Waals surface area contributed by atoms with Crippen molar-refractivity contribution >= 4 is 31.8 Å². The molecule has 2 aromatic carbocycles. The van der Waals surface area contributed by atoms with Crippen LogP contribution in [0.5, 0.6) is 0 Å². The van der Waals surface area contributed by atoms with Crippen molar-refractivity contribution in [3.05, 3.63) is 72.6 Å². The number of aromatic nitrogens is 2. The molecule has 114 valence electrons. The molecule has 0 amide bonds. The molecule has 0 radical (unpaired) electrons. The van der Waals surface area contributed by atoms with E-state index in [1.165, 1.54) is 3.97 Å². The topological polar surface area (TPSA) is 52.0 Å². The quantitative estimate of drug-likeness (QED) is 0.565. The smallest absolute Gasteiger partial charge is 0.252 e. The normalized spacial score (nSPS) is 12.0. The molecule has 0 saturated heterocycles. The molecule has 4 rings (SSSR count). The van der Waals surface area contributed by atoms with Gasteiger partial charge in [-0.15, -0.1) is 0 Å². The number of benzene rings is 2. The Morgan fingerprint density at radius 1 is 0.870 bits per heavy atom. The van der Waals surface area contributed by atoms with E-state index in [1.807, 2.05) is 37.3 Å². The Hall–Kier alpha value is -2.66. The molecule has 0 atom stereocenters. The first-order valence-corrected chi connectivity index (χ1v) is 8.70. The van der Waals surface area contributed by atoms with Crippen molar-refractivity contribution in [2.24, 2.45) is 0 Å². The van der Waals surface area contributed by atoms with E-state index in [1.54, 1.807) is 36.5 Å². The molecule has 0 unspecified atom stereocenters. The van der Waals surface area contributed by atoms with Crippen LogP contribution in [0, 0.1) is 6.92 Å². The average Bonchev–Trinajstić information content (AvgIpc) is 3.02. The lowest BCUT2D eigenvalue weighted by Crippen LogP contribution is -2.12. The Morgan fingerprint density at radius 2 is 1.57 bits per heavy atom. The van der Waals surface area contributed by atoms with Gasteiger partial charge in [-0.2, -0.15) is 0 Å². The van der Waals surface area contributed by atoms with E-state index in [9.17, 15) is 8.42 Å². The lowest BCUT2D eigenvalue weighted by atomic mass is 10.1. The van der Waals surface area contributed by atoms with Crippen LogP contribution in [0.3, 0.4) is 0 Å². The molecular weight excluding hydrogens is 308 g/mol. The van der Waals surface area contributed by atoms with E-state index in [0.717, 1.165) is 22.0 Å². The van der Waals surface area contributed by atoms with Crippen molar-refractivity contribution in [1.82, 2.24) is 8.96 Å². The lowest BCUT2D eigenvalue weighted by Gasteiger charge is -2.10. The molecule has 23 heavy (non-hydrogen) atoms. The molecule has 0 spiro atoms. The standard InChI is InChI=1S/C18H14N2O2S/c1-13-15-11-12-20(23(21,22)14-7-3-2-4-8-14)18(15)16-9-5-6-10-17(16)19-13/h2-12H,1H3. The minimum atomic E-state index is -3.64. The molecule has 0 saturated carbocycles. The van der Waals surface area contributed by atoms with Crippen LogP contribution in [-0.4, -0.2) is 17.4 Å². The molecule has 0 fully saturated rings. The summed E-state index contributed by atoms with van der Waals surface area (Å²) in [5, 5.41) is 1.68. The van der Waals surface area contributed by atoms with Crippen LogP contribution < -0.4 is 0 Å². The van der Waals surface area contributed by atoms with E-state index >= 15 is 0 Å². The van der Waals surface area contributed by atoms with Crippen molar-refractivity contribution < 1.29 is 8.42 Å². The molecule has 2 heterocycles. The summed E-state index contributed by atoms with van der Waals surface area (Å²) in [4.78, 5) is 4.84. The molecule has 0 aliphatic carbocycles. The predicted octanol–water partition coefficient (Wildman–Crippen LogP) is 3.73. The highest BCUT2D eigenvalue weighted by Gasteiger charge is 2.20. The van der Waals surface area contributed by atoms with Crippen LogP contribution in [0.4, 0.5) is 0 Å². The number of aryl methyl sites for hydroxylation is 1. The van der Waals surface area contributed by atoms with Gasteiger partial charge in [-0.1, -0.05) is 36.4 Å². The Morgan fingerprint density at radius 3 is 2.35 bits per heavy atom. The highest BCUT2D eigenvalue weighted by molar-refractivity contribution is 7.90. The molecule has 5 heteroatoms. The van der Waals surface area contributed by atoms with Gasteiger partial charge in [0, 0.05) is 22.7 Å². The van der Waals surface area contributed by atoms with Gasteiger partial charge in [0.05, 0.1) is 15.9 Å². The maximum absolute atomic E-state index is 13.0. The van der Waals surface area contributed by atoms with Gasteiger partial charge in [-0.3, -0.25) is 4.98 Å². The van der Waals surface area contributed by atoms with Crippen molar-refractivity contribution in [2.75, 3.05) is 0 Å². The summed E-state index contributed by atoms with van der Waals surface area (Å²) in [6, 6.07) is 17.9. The lowest BCUT2D eigenvalue weighted by molar-refractivity contribution is 0.589. The summed E-state index contributed by atoms with van der Waals surface area (Å²) in [5.41, 5.74) is 2.29. The van der Waals surface area contributed by atoms with Crippen LogP contribution in [0.15, 0.2) is 71.8 Å². The molecule has 0 N–H and O–H groups in total. The zero-order valence-corrected chi connectivity index (χ0v) is 13.3. The number of rotatable bonds is 2. The third-order valence-corrected chi connectivity index (χ3v) is 5.68. The van der Waals surface area contributed by atoms with E-state index in [4.69, 9.17) is 0 Å². The predicted molar refractivity (Wildman–Crippen MR) is 91.0 cm³/mol. The minimum absolute atomic E-state index is 0.274. The summed E-state index contributed by atoms with van der Waals surface area (Å²) in [5.74, 6) is 0. The maximum Gasteiger partial charge on any atom is 0.268 e. The summed E-state index contributed by atoms with van der Waals surface area (Å²) < 4.78 is 27.4. The largest absolute Gasteiger partial charge is 0.268 e. The van der Waals surface area contributed by atoms with Crippen molar-refractivity contribution in [3.63, 3.8) is 0 Å². The van der Waals surface area contributed by atoms with Gasteiger partial charge in [0.15, 0.2) is 0 Å². The van der Waals surface area contributed by atoms with Crippen LogP contribution in [0.1, 0.15) is 5.69 Å². The molecule has 2 aromatic heterocycles. The Labute approximate surface area is 134 Å². The monoisotopic (exact) mass is 322 g/mol. The summed E-state index contributed by atoms with van der Waals surface area (Å²) >= 11 is 0. The second kappa shape index (κ2) is 4.93. The van der Waals surface area contributed by atoms with E-state index < -0.39 is 10.0 Å². The number of hydrogen-bond acceptors (Lipinski definition) is 3. The fraction of sp³-hybridized carbons (Fsp3) is 0.0556. The third kappa shape index (κ3) is 2.04. The first-order chi connectivity index (χ1) is 11.1. The van der Waals surface area contributed by atoms with E-state index in [0.29, 0.717) is 5.52 Å². The second-order valence-electron chi connectivity index (χ2n) is 5.41. The second-order valence-corrected chi connectivity index (χ2v) is 7.22. The Bertz CT molecular complexity index is 1130.